The average molecular weight is 805 g/mol. The van der Waals surface area contributed by atoms with E-state index in [9.17, 15) is 0 Å². The fourth-order valence-corrected chi connectivity index (χ4v) is 12.3. The van der Waals surface area contributed by atoms with Gasteiger partial charge >= 0.3 is 291 Å². The van der Waals surface area contributed by atoms with Crippen LogP contribution in [-0.2, 0) is 22.7 Å². The van der Waals surface area contributed by atoms with E-state index in [1.807, 2.05) is 17.9 Å². The molecule has 1 nitrogen and oxygen atoms in total. The van der Waals surface area contributed by atoms with Crippen molar-refractivity contribution in [1.29, 1.82) is 0 Å². The molecule has 1 fully saturated rings. The molecule has 0 N–H and O–H groups in total. The Hall–Kier alpha value is -4.13. The third-order valence-electron chi connectivity index (χ3n) is 8.61. The molecule has 0 amide bonds. The summed E-state index contributed by atoms with van der Waals surface area (Å²) in [5, 5.41) is 7.65. The molecule has 233 valence electrons. The van der Waals surface area contributed by atoms with Gasteiger partial charge in [0.25, 0.3) is 0 Å². The van der Waals surface area contributed by atoms with Gasteiger partial charge in [-0.15, -0.1) is 0 Å². The van der Waals surface area contributed by atoms with Crippen molar-refractivity contribution in [3.63, 3.8) is 0 Å². The molecule has 5 aromatic rings. The summed E-state index contributed by atoms with van der Waals surface area (Å²) in [6.45, 7) is 5.53. The summed E-state index contributed by atoms with van der Waals surface area (Å²) in [7, 11) is -2.39. The van der Waals surface area contributed by atoms with Gasteiger partial charge in [-0.25, -0.2) is 0 Å². The minimum absolute atomic E-state index is 0.608. The van der Waals surface area contributed by atoms with Crippen molar-refractivity contribution in [3.8, 4) is 4.37 Å². The van der Waals surface area contributed by atoms with Crippen LogP contribution in [-0.4, -0.2) is 13.2 Å². The molecule has 1 saturated heterocycles. The van der Waals surface area contributed by atoms with Crippen molar-refractivity contribution in [1.82, 2.24) is 0 Å². The molecule has 0 saturated carbocycles. The topological polar surface area (TPSA) is 9.23 Å². The van der Waals surface area contributed by atoms with E-state index < -0.39 is 7.26 Å². The van der Waals surface area contributed by atoms with E-state index in [-0.39, 0.29) is 0 Å². The van der Waals surface area contributed by atoms with Crippen LogP contribution in [0.25, 0.3) is 22.9 Å². The van der Waals surface area contributed by atoms with E-state index in [2.05, 4.69) is 182 Å². The molecule has 1 aliphatic rings. The summed E-state index contributed by atoms with van der Waals surface area (Å²) < 4.78 is 9.88. The fraction of sp³-hybridized carbons (Fsp3) is 0.114. The summed E-state index contributed by atoms with van der Waals surface area (Å²) >= 11 is 1.82. The van der Waals surface area contributed by atoms with E-state index in [1.54, 1.807) is 0 Å². The number of hydrogen-bond acceptors (Lipinski definition) is 1. The van der Waals surface area contributed by atoms with Gasteiger partial charge in [0.15, 0.2) is 0 Å². The molecule has 47 heavy (non-hydrogen) atoms. The van der Waals surface area contributed by atoms with Gasteiger partial charge in [-0.3, -0.25) is 0 Å². The summed E-state index contributed by atoms with van der Waals surface area (Å²) in [5.74, 6) is 0. The van der Waals surface area contributed by atoms with E-state index >= 15 is 0 Å². The summed E-state index contributed by atoms with van der Waals surface area (Å²) in [6.07, 6.45) is 14.6. The molecule has 0 radical (unpaired) electrons. The fourth-order valence-electron chi connectivity index (χ4n) is 6.50. The normalized spacial score (nSPS) is 16.0. The predicted octanol–water partition coefficient (Wildman–Crippen LogP) is 9.93. The van der Waals surface area contributed by atoms with Crippen LogP contribution in [0.15, 0.2) is 174 Å². The third-order valence-corrected chi connectivity index (χ3v) is 14.0. The first-order valence-corrected chi connectivity index (χ1v) is 19.2. The van der Waals surface area contributed by atoms with Crippen LogP contribution in [0.1, 0.15) is 31.4 Å². The first kappa shape index (κ1) is 32.8. The summed E-state index contributed by atoms with van der Waals surface area (Å²) in [4.78, 5) is 0. The van der Waals surface area contributed by atoms with E-state index in [4.69, 9.17) is 4.74 Å². The van der Waals surface area contributed by atoms with Crippen molar-refractivity contribution in [2.45, 2.75) is 20.3 Å². The molecule has 3 heteroatoms. The van der Waals surface area contributed by atoms with Crippen LogP contribution >= 0.6 is 7.26 Å². The van der Waals surface area contributed by atoms with Gasteiger partial charge in [-0.05, 0) is 0 Å². The van der Waals surface area contributed by atoms with Crippen LogP contribution in [0, 0.1) is 4.37 Å². The zero-order valence-electron chi connectivity index (χ0n) is 26.9. The molecule has 0 bridgehead atoms. The number of hydrogen-bond donors (Lipinski definition) is 0. The Morgan fingerprint density at radius 1 is 0.681 bits per heavy atom. The quantitative estimate of drug-likeness (QED) is 0.107. The Morgan fingerprint density at radius 2 is 1.17 bits per heavy atom. The maximum atomic E-state index is 6.03. The maximum absolute atomic E-state index is 6.03. The van der Waals surface area contributed by atoms with Crippen molar-refractivity contribution in [2.24, 2.45) is 0 Å². The third kappa shape index (κ3) is 6.81. The Kier molecular flexibility index (Phi) is 10.9. The zero-order chi connectivity index (χ0) is 32.5. The molecule has 1 heterocycles. The Bertz CT molecular complexity index is 1950. The van der Waals surface area contributed by atoms with Crippen molar-refractivity contribution in [3.05, 3.63) is 185 Å². The molecule has 1 aliphatic heterocycles. The van der Waals surface area contributed by atoms with Crippen molar-refractivity contribution in [2.75, 3.05) is 13.2 Å². The second-order valence-electron chi connectivity index (χ2n) is 11.5. The van der Waals surface area contributed by atoms with Gasteiger partial charge < -0.3 is 0 Å². The van der Waals surface area contributed by atoms with Crippen molar-refractivity contribution >= 4 is 46.1 Å². The van der Waals surface area contributed by atoms with E-state index in [1.165, 1.54) is 54.3 Å². The van der Waals surface area contributed by atoms with E-state index in [0.29, 0.717) is 13.2 Å². The minimum atomic E-state index is -2.39. The van der Waals surface area contributed by atoms with Gasteiger partial charge in [0.05, 0.1) is 0 Å². The number of ether oxygens (including phenoxy) is 1. The molecule has 0 spiro atoms. The molecular weight excluding hydrogens is 766 g/mol. The van der Waals surface area contributed by atoms with E-state index in [0.717, 1.165) is 12.0 Å². The summed E-state index contributed by atoms with van der Waals surface area (Å²) in [6, 6.07) is 46.4. The molecule has 5 aromatic carbocycles. The van der Waals surface area contributed by atoms with Gasteiger partial charge in [-0.1, -0.05) is 0 Å². The van der Waals surface area contributed by atoms with Crippen LogP contribution in [0.2, 0.25) is 0 Å². The zero-order valence-corrected chi connectivity index (χ0v) is 30.4. The number of fused-ring (bicyclic) bond motifs is 1. The number of benzene rings is 5. The van der Waals surface area contributed by atoms with Crippen LogP contribution in [0.3, 0.4) is 0 Å². The first-order valence-electron chi connectivity index (χ1n) is 16.2. The van der Waals surface area contributed by atoms with Crippen LogP contribution in [0.5, 0.6) is 0 Å². The molecule has 0 atom stereocenters. The molecule has 0 aliphatic carbocycles. The molecule has 0 aromatic heterocycles. The van der Waals surface area contributed by atoms with Crippen LogP contribution in [0.4, 0.5) is 0 Å². The van der Waals surface area contributed by atoms with Gasteiger partial charge in [0, 0.05) is 0 Å². The SMILES string of the molecule is C/C=C/c1ccc(/C=C/C(C=C2COCC2=CCC)=C([C]#[Os])[P+](c2ccccc2)(c2ccccc2)c2ccccc2)c2ccccc12. The Labute approximate surface area is 290 Å². The Morgan fingerprint density at radius 3 is 1.66 bits per heavy atom. The molecule has 0 unspecified atom stereocenters. The molecule has 6 rings (SSSR count). The monoisotopic (exact) mass is 806 g/mol. The Balaban J connectivity index is 1.70. The second-order valence-corrected chi connectivity index (χ2v) is 15.5. The average Bonchev–Trinajstić information content (AvgIpc) is 3.57. The number of rotatable bonds is 9. The molecular formula is C44H39OOsP+. The van der Waals surface area contributed by atoms with Crippen LogP contribution < -0.4 is 15.9 Å². The number of allylic oxidation sites excluding steroid dienone is 6. The standard InChI is InChI=1S/C44H39OP.Os/c1-4-17-35-27-28-36(44-26-16-15-25-43(35)44)29-30-37(31-39-33-45-32-38(39)18-5-2)34(3)46(40-19-9-6-10-20-40,41-21-11-7-12-22-41)42-23-13-8-14-24-42;/h4,6-31H,5,32-33H2,1-2H3;/q+1;/b17-4+,30-29+,37-34?,38-18?,39-31?;. The van der Waals surface area contributed by atoms with Gasteiger partial charge in [0.1, 0.15) is 0 Å². The second kappa shape index (κ2) is 15.6. The van der Waals surface area contributed by atoms with Gasteiger partial charge in [0.2, 0.25) is 0 Å². The van der Waals surface area contributed by atoms with Crippen molar-refractivity contribution < 1.29 is 22.7 Å². The predicted molar refractivity (Wildman–Crippen MR) is 201 cm³/mol. The van der Waals surface area contributed by atoms with Gasteiger partial charge in [-0.2, -0.15) is 0 Å². The first-order chi connectivity index (χ1) is 23.2. The summed E-state index contributed by atoms with van der Waals surface area (Å²) in [5.41, 5.74) is 6.10.